The average Bonchev–Trinajstić information content (AvgIpc) is 3.14. The molecule has 9 heteroatoms. The first-order chi connectivity index (χ1) is 13.1. The van der Waals surface area contributed by atoms with Crippen LogP contribution in [0.1, 0.15) is 16.1 Å². The van der Waals surface area contributed by atoms with Crippen molar-refractivity contribution < 1.29 is 23.8 Å². The van der Waals surface area contributed by atoms with E-state index in [9.17, 15) is 9.59 Å². The third kappa shape index (κ3) is 4.75. The van der Waals surface area contributed by atoms with Crippen molar-refractivity contribution in [3.05, 3.63) is 34.8 Å². The SMILES string of the molecule is COc1ccc(C(=O)Nc2nc(CC(=O)N3CCOCC3)cs2)cc1OC. The molecule has 2 aromatic rings. The fraction of sp³-hybridized carbons (Fsp3) is 0.389. The van der Waals surface area contributed by atoms with Gasteiger partial charge in [-0.05, 0) is 18.2 Å². The summed E-state index contributed by atoms with van der Waals surface area (Å²) in [6.07, 6.45) is 0.211. The number of amides is 2. The van der Waals surface area contributed by atoms with Gasteiger partial charge >= 0.3 is 0 Å². The summed E-state index contributed by atoms with van der Waals surface area (Å²) in [7, 11) is 3.05. The summed E-state index contributed by atoms with van der Waals surface area (Å²) in [6.45, 7) is 2.34. The van der Waals surface area contributed by atoms with Gasteiger partial charge in [0.1, 0.15) is 0 Å². The van der Waals surface area contributed by atoms with E-state index in [1.807, 2.05) is 0 Å². The van der Waals surface area contributed by atoms with Gasteiger partial charge in [-0.2, -0.15) is 0 Å². The summed E-state index contributed by atoms with van der Waals surface area (Å²) in [5.74, 6) is 0.728. The van der Waals surface area contributed by atoms with Crippen LogP contribution in [0.2, 0.25) is 0 Å². The molecule has 2 heterocycles. The standard InChI is InChI=1S/C18H21N3O5S/c1-24-14-4-3-12(9-15(14)25-2)17(23)20-18-19-13(11-27-18)10-16(22)21-5-7-26-8-6-21/h3-4,9,11H,5-8,10H2,1-2H3,(H,19,20,23). The fourth-order valence-corrected chi connectivity index (χ4v) is 3.38. The first-order valence-electron chi connectivity index (χ1n) is 8.44. The Kier molecular flexibility index (Phi) is 6.25. The van der Waals surface area contributed by atoms with Gasteiger partial charge in [0.25, 0.3) is 5.91 Å². The normalized spacial score (nSPS) is 13.9. The zero-order valence-corrected chi connectivity index (χ0v) is 16.0. The Morgan fingerprint density at radius 3 is 2.67 bits per heavy atom. The lowest BCUT2D eigenvalue weighted by molar-refractivity contribution is -0.134. The molecule has 1 aliphatic heterocycles. The smallest absolute Gasteiger partial charge is 0.257 e. The van der Waals surface area contributed by atoms with Crippen LogP contribution in [0, 0.1) is 0 Å². The maximum atomic E-state index is 12.4. The molecule has 0 bridgehead atoms. The summed E-state index contributed by atoms with van der Waals surface area (Å²) in [6, 6.07) is 4.92. The van der Waals surface area contributed by atoms with Gasteiger partial charge in [-0.25, -0.2) is 4.98 Å². The molecule has 1 fully saturated rings. The molecule has 1 aromatic carbocycles. The first-order valence-corrected chi connectivity index (χ1v) is 9.32. The number of hydrogen-bond donors (Lipinski definition) is 1. The van der Waals surface area contributed by atoms with Crippen LogP contribution in [0.4, 0.5) is 5.13 Å². The number of methoxy groups -OCH3 is 2. The highest BCUT2D eigenvalue weighted by molar-refractivity contribution is 7.14. The van der Waals surface area contributed by atoms with E-state index in [2.05, 4.69) is 10.3 Å². The molecule has 0 atom stereocenters. The van der Waals surface area contributed by atoms with Crippen molar-refractivity contribution in [2.45, 2.75) is 6.42 Å². The molecule has 0 aliphatic carbocycles. The van der Waals surface area contributed by atoms with E-state index in [0.717, 1.165) is 0 Å². The van der Waals surface area contributed by atoms with Crippen molar-refractivity contribution in [1.82, 2.24) is 9.88 Å². The molecule has 0 saturated carbocycles. The van der Waals surface area contributed by atoms with E-state index in [4.69, 9.17) is 14.2 Å². The van der Waals surface area contributed by atoms with Crippen molar-refractivity contribution in [3.8, 4) is 11.5 Å². The number of ether oxygens (including phenoxy) is 3. The molecule has 1 saturated heterocycles. The molecular weight excluding hydrogens is 370 g/mol. The second-order valence-corrected chi connectivity index (χ2v) is 6.70. The summed E-state index contributed by atoms with van der Waals surface area (Å²) in [5, 5.41) is 4.97. The van der Waals surface area contributed by atoms with E-state index in [1.165, 1.54) is 25.6 Å². The van der Waals surface area contributed by atoms with Gasteiger partial charge in [-0.1, -0.05) is 0 Å². The zero-order chi connectivity index (χ0) is 19.2. The zero-order valence-electron chi connectivity index (χ0n) is 15.2. The molecule has 0 spiro atoms. The Morgan fingerprint density at radius 1 is 1.22 bits per heavy atom. The number of carbonyl (C=O) groups excluding carboxylic acids is 2. The van der Waals surface area contributed by atoms with Gasteiger partial charge in [0.05, 0.1) is 39.5 Å². The van der Waals surface area contributed by atoms with Crippen LogP contribution in [0.3, 0.4) is 0 Å². The van der Waals surface area contributed by atoms with E-state index in [1.54, 1.807) is 28.5 Å². The number of hydrogen-bond acceptors (Lipinski definition) is 7. The maximum Gasteiger partial charge on any atom is 0.257 e. The van der Waals surface area contributed by atoms with Crippen LogP contribution in [-0.4, -0.2) is 62.2 Å². The largest absolute Gasteiger partial charge is 0.493 e. The topological polar surface area (TPSA) is 90.0 Å². The van der Waals surface area contributed by atoms with Crippen molar-refractivity contribution in [3.63, 3.8) is 0 Å². The predicted octanol–water partition coefficient (Wildman–Crippen LogP) is 1.81. The van der Waals surface area contributed by atoms with Gasteiger partial charge in [-0.3, -0.25) is 14.9 Å². The fourth-order valence-electron chi connectivity index (χ4n) is 2.67. The number of carbonyl (C=O) groups is 2. The van der Waals surface area contributed by atoms with E-state index >= 15 is 0 Å². The molecular formula is C18H21N3O5S. The summed E-state index contributed by atoms with van der Waals surface area (Å²) in [4.78, 5) is 30.8. The van der Waals surface area contributed by atoms with E-state index in [0.29, 0.717) is 54.2 Å². The van der Waals surface area contributed by atoms with Crippen LogP contribution in [0.25, 0.3) is 0 Å². The van der Waals surface area contributed by atoms with Crippen molar-refractivity contribution in [2.75, 3.05) is 45.8 Å². The summed E-state index contributed by atoms with van der Waals surface area (Å²) < 4.78 is 15.6. The third-order valence-corrected chi connectivity index (χ3v) is 4.92. The Labute approximate surface area is 161 Å². The number of rotatable bonds is 6. The highest BCUT2D eigenvalue weighted by Gasteiger charge is 2.19. The van der Waals surface area contributed by atoms with Crippen LogP contribution in [-0.2, 0) is 16.0 Å². The van der Waals surface area contributed by atoms with Crippen LogP contribution < -0.4 is 14.8 Å². The Balaban J connectivity index is 1.61. The minimum Gasteiger partial charge on any atom is -0.493 e. The minimum absolute atomic E-state index is 0.0152. The first kappa shape index (κ1) is 19.1. The molecule has 1 aliphatic rings. The molecule has 8 nitrogen and oxygen atoms in total. The highest BCUT2D eigenvalue weighted by atomic mass is 32.1. The number of nitrogens with one attached hydrogen (secondary N) is 1. The lowest BCUT2D eigenvalue weighted by Gasteiger charge is -2.26. The van der Waals surface area contributed by atoms with Gasteiger partial charge < -0.3 is 19.1 Å². The number of aromatic nitrogens is 1. The molecule has 1 aromatic heterocycles. The summed E-state index contributed by atoms with van der Waals surface area (Å²) in [5.41, 5.74) is 1.06. The lowest BCUT2D eigenvalue weighted by atomic mass is 10.2. The van der Waals surface area contributed by atoms with Crippen LogP contribution in [0.5, 0.6) is 11.5 Å². The molecule has 2 amide bonds. The van der Waals surface area contributed by atoms with E-state index < -0.39 is 0 Å². The maximum absolute atomic E-state index is 12.4. The second kappa shape index (κ2) is 8.83. The molecule has 1 N–H and O–H groups in total. The van der Waals surface area contributed by atoms with Crippen molar-refractivity contribution in [1.29, 1.82) is 0 Å². The molecule has 0 unspecified atom stereocenters. The lowest BCUT2D eigenvalue weighted by Crippen LogP contribution is -2.41. The number of anilines is 1. The predicted molar refractivity (Wildman–Crippen MR) is 101 cm³/mol. The molecule has 0 radical (unpaired) electrons. The Morgan fingerprint density at radius 2 is 1.96 bits per heavy atom. The molecule has 3 rings (SSSR count). The monoisotopic (exact) mass is 391 g/mol. The van der Waals surface area contributed by atoms with Crippen molar-refractivity contribution in [2.24, 2.45) is 0 Å². The second-order valence-electron chi connectivity index (χ2n) is 5.84. The van der Waals surface area contributed by atoms with Crippen molar-refractivity contribution >= 4 is 28.3 Å². The highest BCUT2D eigenvalue weighted by Crippen LogP contribution is 2.28. The van der Waals surface area contributed by atoms with Gasteiger partial charge in [0.2, 0.25) is 5.91 Å². The van der Waals surface area contributed by atoms with Crippen LogP contribution >= 0.6 is 11.3 Å². The van der Waals surface area contributed by atoms with Gasteiger partial charge in [0.15, 0.2) is 16.6 Å². The Bertz CT molecular complexity index is 817. The number of thiazole rings is 1. The quantitative estimate of drug-likeness (QED) is 0.808. The Hall–Kier alpha value is -2.65. The number of morpholine rings is 1. The minimum atomic E-state index is -0.309. The molecule has 144 valence electrons. The average molecular weight is 391 g/mol. The van der Waals surface area contributed by atoms with Gasteiger partial charge in [-0.15, -0.1) is 11.3 Å². The third-order valence-electron chi connectivity index (χ3n) is 4.11. The van der Waals surface area contributed by atoms with Gasteiger partial charge in [0, 0.05) is 24.0 Å². The van der Waals surface area contributed by atoms with E-state index in [-0.39, 0.29) is 18.2 Å². The number of benzene rings is 1. The molecule has 27 heavy (non-hydrogen) atoms. The van der Waals surface area contributed by atoms with Crippen LogP contribution in [0.15, 0.2) is 23.6 Å². The number of nitrogens with zero attached hydrogens (tertiary/aromatic N) is 2. The summed E-state index contributed by atoms with van der Waals surface area (Å²) >= 11 is 1.28.